The number of ether oxygens (including phenoxy) is 1. The standard InChI is InChI=1S/C25H21ClFN5O/c1-3-14-6-4-7-15-17(11-32(23(14)15)12-18-19(26)8-5-9-20(18)27)22-16(10-28)24(29)33-25-21(22)13(2)30-31-25/h4-9,11,22H,3,12,29H2,1-2H3,(H,30,31). The summed E-state index contributed by atoms with van der Waals surface area (Å²) in [5.74, 6) is -0.435. The van der Waals surface area contributed by atoms with Gasteiger partial charge < -0.3 is 15.0 Å². The summed E-state index contributed by atoms with van der Waals surface area (Å²) in [6.07, 6.45) is 2.75. The van der Waals surface area contributed by atoms with E-state index in [-0.39, 0.29) is 18.2 Å². The zero-order valence-electron chi connectivity index (χ0n) is 18.1. The van der Waals surface area contributed by atoms with Gasteiger partial charge in [-0.05, 0) is 36.6 Å². The monoisotopic (exact) mass is 461 g/mol. The molecule has 2 aromatic heterocycles. The van der Waals surface area contributed by atoms with E-state index in [1.807, 2.05) is 29.8 Å². The number of aryl methyl sites for hydroxylation is 2. The highest BCUT2D eigenvalue weighted by Gasteiger charge is 2.36. The van der Waals surface area contributed by atoms with Crippen LogP contribution in [0.15, 0.2) is 54.1 Å². The molecule has 0 bridgehead atoms. The van der Waals surface area contributed by atoms with Gasteiger partial charge in [-0.1, -0.05) is 42.8 Å². The number of hydrogen-bond donors (Lipinski definition) is 2. The first kappa shape index (κ1) is 21.1. The van der Waals surface area contributed by atoms with Crippen molar-refractivity contribution in [2.75, 3.05) is 0 Å². The SMILES string of the molecule is CCc1cccc2c(C3C(C#N)=C(N)Oc4n[nH]c(C)c43)cn(Cc3c(F)cccc3Cl)c12. The van der Waals surface area contributed by atoms with Gasteiger partial charge >= 0.3 is 0 Å². The number of rotatable bonds is 4. The molecule has 1 atom stereocenters. The molecule has 1 aliphatic heterocycles. The Morgan fingerprint density at radius 1 is 1.30 bits per heavy atom. The minimum Gasteiger partial charge on any atom is -0.420 e. The molecule has 5 rings (SSSR count). The fourth-order valence-electron chi connectivity index (χ4n) is 4.67. The molecule has 166 valence electrons. The van der Waals surface area contributed by atoms with Crippen LogP contribution in [0, 0.1) is 24.1 Å². The molecule has 4 aromatic rings. The van der Waals surface area contributed by atoms with Crippen LogP contribution in [0.4, 0.5) is 4.39 Å². The van der Waals surface area contributed by atoms with Gasteiger partial charge in [-0.15, -0.1) is 5.10 Å². The predicted molar refractivity (Wildman–Crippen MR) is 124 cm³/mol. The van der Waals surface area contributed by atoms with Crippen LogP contribution < -0.4 is 10.5 Å². The van der Waals surface area contributed by atoms with E-state index in [4.69, 9.17) is 22.1 Å². The molecular formula is C25H21ClFN5O. The molecule has 0 aliphatic carbocycles. The number of aromatic amines is 1. The fourth-order valence-corrected chi connectivity index (χ4v) is 4.89. The van der Waals surface area contributed by atoms with Gasteiger partial charge in [0, 0.05) is 33.4 Å². The smallest absolute Gasteiger partial charge is 0.244 e. The molecule has 0 spiro atoms. The number of nitrogens with zero attached hydrogens (tertiary/aromatic N) is 3. The number of fused-ring (bicyclic) bond motifs is 2. The summed E-state index contributed by atoms with van der Waals surface area (Å²) in [6, 6.07) is 13.0. The second-order valence-electron chi connectivity index (χ2n) is 8.07. The lowest BCUT2D eigenvalue weighted by Crippen LogP contribution is -2.21. The van der Waals surface area contributed by atoms with Crippen molar-refractivity contribution < 1.29 is 9.13 Å². The summed E-state index contributed by atoms with van der Waals surface area (Å²) >= 11 is 6.35. The highest BCUT2D eigenvalue weighted by atomic mass is 35.5. The van der Waals surface area contributed by atoms with Crippen LogP contribution >= 0.6 is 11.6 Å². The van der Waals surface area contributed by atoms with E-state index in [9.17, 15) is 9.65 Å². The summed E-state index contributed by atoms with van der Waals surface area (Å²) in [5.41, 5.74) is 11.4. The molecule has 0 saturated heterocycles. The third kappa shape index (κ3) is 3.26. The van der Waals surface area contributed by atoms with E-state index in [0.717, 1.165) is 39.7 Å². The van der Waals surface area contributed by atoms with E-state index in [1.165, 1.54) is 6.07 Å². The second kappa shape index (κ2) is 7.98. The van der Waals surface area contributed by atoms with Crippen LogP contribution in [-0.4, -0.2) is 14.8 Å². The van der Waals surface area contributed by atoms with Crippen LogP contribution in [0.1, 0.15) is 40.8 Å². The molecule has 0 saturated carbocycles. The Morgan fingerprint density at radius 3 is 2.82 bits per heavy atom. The Labute approximate surface area is 195 Å². The van der Waals surface area contributed by atoms with E-state index in [1.54, 1.807) is 12.1 Å². The normalized spacial score (nSPS) is 15.4. The number of benzene rings is 2. The van der Waals surface area contributed by atoms with Crippen molar-refractivity contribution in [2.24, 2.45) is 5.73 Å². The lowest BCUT2D eigenvalue weighted by Gasteiger charge is -2.23. The van der Waals surface area contributed by atoms with E-state index in [2.05, 4.69) is 29.3 Å². The molecule has 0 fully saturated rings. The molecule has 6 nitrogen and oxygen atoms in total. The van der Waals surface area contributed by atoms with Crippen molar-refractivity contribution in [1.82, 2.24) is 14.8 Å². The van der Waals surface area contributed by atoms with Gasteiger partial charge in [0.25, 0.3) is 0 Å². The van der Waals surface area contributed by atoms with Gasteiger partial charge in [0.1, 0.15) is 17.5 Å². The molecule has 33 heavy (non-hydrogen) atoms. The minimum atomic E-state index is -0.468. The Kier molecular flexibility index (Phi) is 5.10. The number of halogens is 2. The molecule has 1 unspecified atom stereocenters. The number of aromatic nitrogens is 3. The first-order valence-corrected chi connectivity index (χ1v) is 11.0. The maximum atomic E-state index is 14.7. The largest absolute Gasteiger partial charge is 0.420 e. The van der Waals surface area contributed by atoms with Crippen LogP contribution in [0.5, 0.6) is 5.88 Å². The zero-order valence-corrected chi connectivity index (χ0v) is 18.9. The molecule has 2 aromatic carbocycles. The Hall–Kier alpha value is -3.76. The van der Waals surface area contributed by atoms with Crippen LogP contribution in [0.2, 0.25) is 5.02 Å². The van der Waals surface area contributed by atoms with Crippen molar-refractivity contribution in [3.63, 3.8) is 0 Å². The van der Waals surface area contributed by atoms with Crippen molar-refractivity contribution in [2.45, 2.75) is 32.7 Å². The summed E-state index contributed by atoms with van der Waals surface area (Å²) in [5, 5.41) is 18.4. The Bertz CT molecular complexity index is 1460. The topological polar surface area (TPSA) is 92.7 Å². The molecule has 0 amide bonds. The summed E-state index contributed by atoms with van der Waals surface area (Å²) in [6.45, 7) is 4.21. The van der Waals surface area contributed by atoms with Crippen LogP contribution in [0.25, 0.3) is 10.9 Å². The van der Waals surface area contributed by atoms with Crippen LogP contribution in [-0.2, 0) is 13.0 Å². The minimum absolute atomic E-state index is 0.0335. The van der Waals surface area contributed by atoms with Crippen molar-refractivity contribution in [3.05, 3.63) is 92.8 Å². The first-order valence-electron chi connectivity index (χ1n) is 10.6. The van der Waals surface area contributed by atoms with Gasteiger partial charge in [-0.3, -0.25) is 5.10 Å². The molecule has 3 N–H and O–H groups in total. The van der Waals surface area contributed by atoms with Gasteiger partial charge in [0.05, 0.1) is 18.0 Å². The molecule has 3 heterocycles. The Balaban J connectivity index is 1.79. The van der Waals surface area contributed by atoms with Crippen LogP contribution in [0.3, 0.4) is 0 Å². The molecular weight excluding hydrogens is 441 g/mol. The van der Waals surface area contributed by atoms with Gasteiger partial charge in [-0.25, -0.2) is 4.39 Å². The first-order chi connectivity index (χ1) is 15.9. The number of para-hydroxylation sites is 1. The van der Waals surface area contributed by atoms with Crippen molar-refractivity contribution in [3.8, 4) is 11.9 Å². The van der Waals surface area contributed by atoms with E-state index >= 15 is 0 Å². The highest BCUT2D eigenvalue weighted by molar-refractivity contribution is 6.31. The quantitative estimate of drug-likeness (QED) is 0.431. The molecule has 8 heteroatoms. The van der Waals surface area contributed by atoms with E-state index < -0.39 is 5.92 Å². The molecule has 1 aliphatic rings. The number of H-pyrrole nitrogens is 1. The highest BCUT2D eigenvalue weighted by Crippen LogP contribution is 2.45. The second-order valence-corrected chi connectivity index (χ2v) is 8.48. The summed E-state index contributed by atoms with van der Waals surface area (Å²) in [4.78, 5) is 0. The lowest BCUT2D eigenvalue weighted by molar-refractivity contribution is 0.379. The Morgan fingerprint density at radius 2 is 2.09 bits per heavy atom. The maximum absolute atomic E-state index is 14.7. The van der Waals surface area contributed by atoms with Crippen molar-refractivity contribution in [1.29, 1.82) is 5.26 Å². The number of nitriles is 1. The van der Waals surface area contributed by atoms with Gasteiger partial charge in [0.2, 0.25) is 11.8 Å². The number of allylic oxidation sites excluding steroid dienone is 1. The third-order valence-electron chi connectivity index (χ3n) is 6.22. The summed E-state index contributed by atoms with van der Waals surface area (Å²) < 4.78 is 22.3. The third-order valence-corrected chi connectivity index (χ3v) is 6.58. The van der Waals surface area contributed by atoms with Gasteiger partial charge in [-0.2, -0.15) is 5.26 Å². The van der Waals surface area contributed by atoms with Gasteiger partial charge in [0.15, 0.2) is 0 Å². The zero-order chi connectivity index (χ0) is 23.3. The average molecular weight is 462 g/mol. The van der Waals surface area contributed by atoms with E-state index in [0.29, 0.717) is 22.0 Å². The maximum Gasteiger partial charge on any atom is 0.244 e. The summed E-state index contributed by atoms with van der Waals surface area (Å²) in [7, 11) is 0. The number of nitrogens with two attached hydrogens (primary N) is 1. The fraction of sp³-hybridized carbons (Fsp3) is 0.200. The predicted octanol–water partition coefficient (Wildman–Crippen LogP) is 5.29. The van der Waals surface area contributed by atoms with Crippen molar-refractivity contribution >= 4 is 22.5 Å². The molecule has 0 radical (unpaired) electrons. The number of nitrogens with one attached hydrogen (secondary N) is 1. The number of hydrogen-bond acceptors (Lipinski definition) is 4. The average Bonchev–Trinajstić information content (AvgIpc) is 3.35. The lowest BCUT2D eigenvalue weighted by atomic mass is 9.84.